The van der Waals surface area contributed by atoms with Gasteiger partial charge in [0.15, 0.2) is 0 Å². The fourth-order valence-electron chi connectivity index (χ4n) is 3.07. The molecule has 6 heteroatoms. The molecule has 1 saturated heterocycles. The van der Waals surface area contributed by atoms with E-state index in [-0.39, 0.29) is 6.10 Å². The Morgan fingerprint density at radius 2 is 1.95 bits per heavy atom. The Bertz CT molecular complexity index is 276. The summed E-state index contributed by atoms with van der Waals surface area (Å²) in [5.74, 6) is -0.499. The summed E-state index contributed by atoms with van der Waals surface area (Å²) in [6.07, 6.45) is 6.28. The quantitative estimate of drug-likeness (QED) is 0.384. The Morgan fingerprint density at radius 1 is 1.21 bits per heavy atom. The third-order valence-electron chi connectivity index (χ3n) is 4.34. The molecule has 1 aliphatic carbocycles. The lowest BCUT2D eigenvalue weighted by atomic mass is 9.85. The highest BCUT2D eigenvalue weighted by Crippen LogP contribution is 2.41. The van der Waals surface area contributed by atoms with E-state index in [0.29, 0.717) is 18.1 Å². The van der Waals surface area contributed by atoms with Crippen LogP contribution in [0.5, 0.6) is 0 Å². The minimum Gasteiger partial charge on any atom is -0.373 e. The lowest BCUT2D eigenvalue weighted by Gasteiger charge is -2.36. The van der Waals surface area contributed by atoms with Crippen molar-refractivity contribution in [3.63, 3.8) is 0 Å². The van der Waals surface area contributed by atoms with Gasteiger partial charge in [0.2, 0.25) is 0 Å². The Morgan fingerprint density at radius 3 is 2.47 bits per heavy atom. The standard InChI is InChI=1S/C13H23O5Si/c1-14-12(13(15-2,16-3)18-19)7-5-9-4-6-10-11(8-9)17-10/h9-12H,4-8H2,1-3H3. The second-order valence-corrected chi connectivity index (χ2v) is 5.51. The molecule has 2 rings (SSSR count). The Labute approximate surface area is 118 Å². The van der Waals surface area contributed by atoms with E-state index in [1.54, 1.807) is 21.3 Å². The number of rotatable bonds is 8. The molecule has 0 N–H and O–H groups in total. The van der Waals surface area contributed by atoms with E-state index in [2.05, 4.69) is 10.5 Å². The maximum Gasteiger partial charge on any atom is 0.300 e. The van der Waals surface area contributed by atoms with Gasteiger partial charge in [-0.1, -0.05) is 0 Å². The molecule has 0 bridgehead atoms. The van der Waals surface area contributed by atoms with Gasteiger partial charge in [-0.2, -0.15) is 0 Å². The summed E-state index contributed by atoms with van der Waals surface area (Å²) >= 11 is 0. The zero-order valence-corrected chi connectivity index (χ0v) is 12.9. The highest BCUT2D eigenvalue weighted by Gasteiger charge is 2.45. The topological polar surface area (TPSA) is 49.5 Å². The summed E-state index contributed by atoms with van der Waals surface area (Å²) < 4.78 is 26.8. The normalized spacial score (nSPS) is 31.9. The van der Waals surface area contributed by atoms with E-state index in [4.69, 9.17) is 23.4 Å². The average molecular weight is 287 g/mol. The molecule has 0 aromatic carbocycles. The predicted molar refractivity (Wildman–Crippen MR) is 69.6 cm³/mol. The number of hydrogen-bond donors (Lipinski definition) is 0. The van der Waals surface area contributed by atoms with Crippen LogP contribution in [0, 0.1) is 5.92 Å². The molecule has 0 aromatic heterocycles. The van der Waals surface area contributed by atoms with Crippen molar-refractivity contribution in [2.24, 2.45) is 5.92 Å². The summed E-state index contributed by atoms with van der Waals surface area (Å²) in [4.78, 5) is 0. The van der Waals surface area contributed by atoms with Gasteiger partial charge in [0.1, 0.15) is 6.10 Å². The lowest BCUT2D eigenvalue weighted by molar-refractivity contribution is -0.366. The van der Waals surface area contributed by atoms with E-state index in [0.717, 1.165) is 12.8 Å². The van der Waals surface area contributed by atoms with E-state index in [9.17, 15) is 0 Å². The second-order valence-electron chi connectivity index (χ2n) is 5.31. The van der Waals surface area contributed by atoms with Crippen molar-refractivity contribution < 1.29 is 23.4 Å². The maximum absolute atomic E-state index is 5.56. The van der Waals surface area contributed by atoms with Crippen LogP contribution in [-0.4, -0.2) is 56.1 Å². The third kappa shape index (κ3) is 3.37. The van der Waals surface area contributed by atoms with Crippen LogP contribution in [0.4, 0.5) is 0 Å². The minimum absolute atomic E-state index is 0.280. The van der Waals surface area contributed by atoms with Gasteiger partial charge in [0, 0.05) is 21.3 Å². The molecule has 4 atom stereocenters. The van der Waals surface area contributed by atoms with Crippen LogP contribution in [0.15, 0.2) is 0 Å². The molecule has 4 unspecified atom stereocenters. The molecule has 0 spiro atoms. The van der Waals surface area contributed by atoms with Gasteiger partial charge in [-0.15, -0.1) is 0 Å². The second kappa shape index (κ2) is 6.65. The number of ether oxygens (including phenoxy) is 4. The van der Waals surface area contributed by atoms with E-state index in [1.165, 1.54) is 19.3 Å². The fourth-order valence-corrected chi connectivity index (χ4v) is 3.37. The summed E-state index contributed by atoms with van der Waals surface area (Å²) in [5.41, 5.74) is 0. The summed E-state index contributed by atoms with van der Waals surface area (Å²) in [6.45, 7) is 0. The van der Waals surface area contributed by atoms with Crippen LogP contribution < -0.4 is 0 Å². The molecule has 2 aliphatic rings. The number of epoxide rings is 1. The molecule has 5 nitrogen and oxygen atoms in total. The van der Waals surface area contributed by atoms with E-state index < -0.39 is 5.97 Å². The molecule has 1 saturated carbocycles. The van der Waals surface area contributed by atoms with Gasteiger partial charge in [-0.3, -0.25) is 0 Å². The molecule has 19 heavy (non-hydrogen) atoms. The predicted octanol–water partition coefficient (Wildman–Crippen LogP) is 1.40. The third-order valence-corrected chi connectivity index (χ3v) is 4.62. The molecule has 1 aliphatic heterocycles. The molecule has 109 valence electrons. The van der Waals surface area contributed by atoms with Crippen LogP contribution in [0.25, 0.3) is 0 Å². The molecule has 0 aromatic rings. The first kappa shape index (κ1) is 15.4. The molecule has 3 radical (unpaired) electrons. The molecular weight excluding hydrogens is 264 g/mol. The van der Waals surface area contributed by atoms with Gasteiger partial charge in [0.25, 0.3) is 16.5 Å². The molecular formula is C13H23O5Si. The SMILES string of the molecule is COC(CCC1CCC2OC2C1)C(OC)(OC)O[Si]. The van der Waals surface area contributed by atoms with Gasteiger partial charge >= 0.3 is 0 Å². The van der Waals surface area contributed by atoms with Crippen molar-refractivity contribution in [3.05, 3.63) is 0 Å². The Kier molecular flexibility index (Phi) is 5.39. The minimum atomic E-state index is -1.20. The van der Waals surface area contributed by atoms with Crippen molar-refractivity contribution in [3.8, 4) is 0 Å². The first-order chi connectivity index (χ1) is 9.19. The first-order valence-corrected chi connectivity index (χ1v) is 7.23. The van der Waals surface area contributed by atoms with Crippen LogP contribution in [0.3, 0.4) is 0 Å². The molecule has 2 fully saturated rings. The number of methoxy groups -OCH3 is 3. The fraction of sp³-hybridized carbons (Fsp3) is 1.00. The zero-order chi connectivity index (χ0) is 13.9. The van der Waals surface area contributed by atoms with Crippen molar-refractivity contribution >= 4 is 10.5 Å². The van der Waals surface area contributed by atoms with E-state index in [1.807, 2.05) is 0 Å². The van der Waals surface area contributed by atoms with Gasteiger partial charge in [0.05, 0.1) is 12.2 Å². The van der Waals surface area contributed by atoms with Crippen molar-refractivity contribution in [2.45, 2.75) is 56.4 Å². The average Bonchev–Trinajstić information content (AvgIpc) is 3.22. The van der Waals surface area contributed by atoms with E-state index >= 15 is 0 Å². The largest absolute Gasteiger partial charge is 0.373 e. The highest BCUT2D eigenvalue weighted by molar-refractivity contribution is 5.98. The summed E-state index contributed by atoms with van der Waals surface area (Å²) in [7, 11) is 7.74. The highest BCUT2D eigenvalue weighted by atomic mass is 28.2. The van der Waals surface area contributed by atoms with Crippen molar-refractivity contribution in [2.75, 3.05) is 21.3 Å². The van der Waals surface area contributed by atoms with Gasteiger partial charge in [-0.05, 0) is 38.0 Å². The monoisotopic (exact) mass is 287 g/mol. The lowest BCUT2D eigenvalue weighted by Crippen LogP contribution is -2.49. The smallest absolute Gasteiger partial charge is 0.300 e. The van der Waals surface area contributed by atoms with Crippen molar-refractivity contribution in [1.29, 1.82) is 0 Å². The van der Waals surface area contributed by atoms with Crippen LogP contribution in [0.2, 0.25) is 0 Å². The first-order valence-electron chi connectivity index (χ1n) is 6.82. The Balaban J connectivity index is 1.83. The number of hydrogen-bond acceptors (Lipinski definition) is 5. The van der Waals surface area contributed by atoms with Crippen molar-refractivity contribution in [1.82, 2.24) is 0 Å². The Hall–Kier alpha value is 0.0169. The van der Waals surface area contributed by atoms with Gasteiger partial charge in [-0.25, -0.2) is 0 Å². The molecule has 0 amide bonds. The zero-order valence-electron chi connectivity index (χ0n) is 11.9. The van der Waals surface area contributed by atoms with Gasteiger partial charge < -0.3 is 23.4 Å². The summed E-state index contributed by atoms with van der Waals surface area (Å²) in [5, 5.41) is 0. The van der Waals surface area contributed by atoms with Crippen LogP contribution in [-0.2, 0) is 23.4 Å². The number of fused-ring (bicyclic) bond motifs is 1. The molecule has 1 heterocycles. The van der Waals surface area contributed by atoms with Crippen LogP contribution >= 0.6 is 0 Å². The van der Waals surface area contributed by atoms with Crippen LogP contribution in [0.1, 0.15) is 32.1 Å². The summed E-state index contributed by atoms with van der Waals surface area (Å²) in [6, 6.07) is 0. The maximum atomic E-state index is 5.56.